The number of hydrogen-bond acceptors (Lipinski definition) is 3. The first-order valence-corrected chi connectivity index (χ1v) is 7.51. The van der Waals surface area contributed by atoms with Gasteiger partial charge in [0.15, 0.2) is 5.76 Å². The standard InChI is InChI=1S/C17H20N2O2/c1-11-7-3-5-9-14(11)18-19-17(20)16-12(2)13-8-4-6-10-15(13)21-16/h4,6,8,10-11H,3,5,7,9H2,1-2H3,(H,19,20)/t11-/m0/s1. The van der Waals surface area contributed by atoms with E-state index < -0.39 is 0 Å². The number of nitrogens with zero attached hydrogens (tertiary/aromatic N) is 1. The predicted molar refractivity (Wildman–Crippen MR) is 83.5 cm³/mol. The second-order valence-electron chi connectivity index (χ2n) is 5.74. The molecular formula is C17H20N2O2. The Kier molecular flexibility index (Phi) is 3.78. The fourth-order valence-electron chi connectivity index (χ4n) is 2.90. The van der Waals surface area contributed by atoms with E-state index in [0.29, 0.717) is 11.7 Å². The molecule has 1 amide bonds. The number of rotatable bonds is 2. The highest BCUT2D eigenvalue weighted by Gasteiger charge is 2.19. The lowest BCUT2D eigenvalue weighted by molar-refractivity contribution is 0.0928. The van der Waals surface area contributed by atoms with Gasteiger partial charge in [-0.3, -0.25) is 4.79 Å². The van der Waals surface area contributed by atoms with Crippen molar-refractivity contribution in [2.75, 3.05) is 0 Å². The maximum absolute atomic E-state index is 12.3. The molecule has 0 radical (unpaired) electrons. The Bertz CT molecular complexity index is 700. The average molecular weight is 284 g/mol. The van der Waals surface area contributed by atoms with E-state index in [1.807, 2.05) is 31.2 Å². The van der Waals surface area contributed by atoms with Crippen LogP contribution in [0.2, 0.25) is 0 Å². The number of amides is 1. The molecule has 1 heterocycles. The second kappa shape index (κ2) is 5.72. The van der Waals surface area contributed by atoms with Gasteiger partial charge in [-0.25, -0.2) is 5.43 Å². The topological polar surface area (TPSA) is 54.6 Å². The summed E-state index contributed by atoms with van der Waals surface area (Å²) >= 11 is 0. The first-order valence-electron chi connectivity index (χ1n) is 7.51. The van der Waals surface area contributed by atoms with E-state index >= 15 is 0 Å². The predicted octanol–water partition coefficient (Wildman–Crippen LogP) is 4.04. The van der Waals surface area contributed by atoms with E-state index in [0.717, 1.165) is 41.5 Å². The molecule has 0 spiro atoms. The van der Waals surface area contributed by atoms with Gasteiger partial charge in [0.05, 0.1) is 0 Å². The monoisotopic (exact) mass is 284 g/mol. The van der Waals surface area contributed by atoms with Crippen LogP contribution < -0.4 is 5.43 Å². The Labute approximate surface area is 124 Å². The van der Waals surface area contributed by atoms with Gasteiger partial charge in [-0.1, -0.05) is 31.5 Å². The summed E-state index contributed by atoms with van der Waals surface area (Å²) in [5, 5.41) is 5.28. The summed E-state index contributed by atoms with van der Waals surface area (Å²) < 4.78 is 5.65. The number of nitrogens with one attached hydrogen (secondary N) is 1. The molecule has 1 aromatic carbocycles. The van der Waals surface area contributed by atoms with E-state index in [1.54, 1.807) is 0 Å². The molecule has 1 saturated carbocycles. The van der Waals surface area contributed by atoms with E-state index in [1.165, 1.54) is 6.42 Å². The summed E-state index contributed by atoms with van der Waals surface area (Å²) in [6.07, 6.45) is 4.53. The fraction of sp³-hybridized carbons (Fsp3) is 0.412. The zero-order valence-electron chi connectivity index (χ0n) is 12.5. The first-order chi connectivity index (χ1) is 10.2. The van der Waals surface area contributed by atoms with Crippen LogP contribution in [0.25, 0.3) is 11.0 Å². The molecule has 1 aromatic heterocycles. The van der Waals surface area contributed by atoms with Crippen molar-refractivity contribution < 1.29 is 9.21 Å². The molecule has 4 nitrogen and oxygen atoms in total. The summed E-state index contributed by atoms with van der Waals surface area (Å²) in [4.78, 5) is 12.3. The van der Waals surface area contributed by atoms with E-state index in [9.17, 15) is 4.79 Å². The van der Waals surface area contributed by atoms with Gasteiger partial charge in [-0.2, -0.15) is 5.10 Å². The van der Waals surface area contributed by atoms with Gasteiger partial charge < -0.3 is 4.42 Å². The quantitative estimate of drug-likeness (QED) is 0.846. The van der Waals surface area contributed by atoms with Gasteiger partial charge in [0, 0.05) is 16.7 Å². The van der Waals surface area contributed by atoms with Crippen molar-refractivity contribution in [2.45, 2.75) is 39.5 Å². The molecule has 3 rings (SSSR count). The van der Waals surface area contributed by atoms with Crippen LogP contribution >= 0.6 is 0 Å². The number of para-hydroxylation sites is 1. The molecule has 0 saturated heterocycles. The Hall–Kier alpha value is -2.10. The number of fused-ring (bicyclic) bond motifs is 1. The summed E-state index contributed by atoms with van der Waals surface area (Å²) in [6.45, 7) is 4.06. The van der Waals surface area contributed by atoms with Crippen molar-refractivity contribution in [3.63, 3.8) is 0 Å². The summed E-state index contributed by atoms with van der Waals surface area (Å²) in [5.74, 6) is 0.536. The highest BCUT2D eigenvalue weighted by Crippen LogP contribution is 2.25. The Morgan fingerprint density at radius 1 is 1.33 bits per heavy atom. The molecule has 21 heavy (non-hydrogen) atoms. The zero-order valence-corrected chi connectivity index (χ0v) is 12.5. The lowest BCUT2D eigenvalue weighted by Gasteiger charge is -2.19. The molecule has 1 N–H and O–H groups in total. The van der Waals surface area contributed by atoms with Gasteiger partial charge in [-0.05, 0) is 38.2 Å². The van der Waals surface area contributed by atoms with Crippen LogP contribution in [0.4, 0.5) is 0 Å². The van der Waals surface area contributed by atoms with Gasteiger partial charge in [0.1, 0.15) is 5.58 Å². The Balaban J connectivity index is 1.81. The molecule has 1 atom stereocenters. The number of benzene rings is 1. The van der Waals surface area contributed by atoms with Crippen molar-refractivity contribution in [3.05, 3.63) is 35.6 Å². The smallest absolute Gasteiger partial charge is 0.307 e. The summed E-state index contributed by atoms with van der Waals surface area (Å²) in [5.41, 5.74) is 5.34. The second-order valence-corrected chi connectivity index (χ2v) is 5.74. The SMILES string of the molecule is Cc1c(C(=O)NN=C2CCCC[C@@H]2C)oc2ccccc12. The minimum atomic E-state index is -0.269. The number of hydrazone groups is 1. The molecule has 4 heteroatoms. The third kappa shape index (κ3) is 2.71. The fourth-order valence-corrected chi connectivity index (χ4v) is 2.90. The summed E-state index contributed by atoms with van der Waals surface area (Å²) in [6, 6.07) is 7.67. The lowest BCUT2D eigenvalue weighted by atomic mass is 9.89. The summed E-state index contributed by atoms with van der Waals surface area (Å²) in [7, 11) is 0. The molecule has 1 aliphatic carbocycles. The van der Waals surface area contributed by atoms with Crippen LogP contribution in [0.3, 0.4) is 0 Å². The minimum Gasteiger partial charge on any atom is -0.451 e. The minimum absolute atomic E-state index is 0.269. The molecule has 1 aliphatic rings. The van der Waals surface area contributed by atoms with Crippen molar-refractivity contribution >= 4 is 22.6 Å². The lowest BCUT2D eigenvalue weighted by Crippen LogP contribution is -2.24. The number of furan rings is 1. The zero-order chi connectivity index (χ0) is 14.8. The van der Waals surface area contributed by atoms with Crippen LogP contribution in [0.5, 0.6) is 0 Å². The van der Waals surface area contributed by atoms with Gasteiger partial charge in [0.25, 0.3) is 0 Å². The molecular weight excluding hydrogens is 264 g/mol. The third-order valence-corrected chi connectivity index (χ3v) is 4.24. The first kappa shape index (κ1) is 13.9. The van der Waals surface area contributed by atoms with Crippen LogP contribution in [0.1, 0.15) is 48.7 Å². The molecule has 1 fully saturated rings. The highest BCUT2D eigenvalue weighted by atomic mass is 16.3. The molecule has 0 unspecified atom stereocenters. The van der Waals surface area contributed by atoms with E-state index in [-0.39, 0.29) is 5.91 Å². The van der Waals surface area contributed by atoms with Gasteiger partial charge in [-0.15, -0.1) is 0 Å². The largest absolute Gasteiger partial charge is 0.451 e. The normalized spacial score (nSPS) is 20.9. The maximum Gasteiger partial charge on any atom is 0.307 e. The van der Waals surface area contributed by atoms with Crippen molar-refractivity contribution in [1.82, 2.24) is 5.43 Å². The van der Waals surface area contributed by atoms with E-state index in [2.05, 4.69) is 17.5 Å². The number of hydrogen-bond donors (Lipinski definition) is 1. The molecule has 2 aromatic rings. The number of carbonyl (C=O) groups is 1. The number of aryl methyl sites for hydroxylation is 1. The molecule has 110 valence electrons. The van der Waals surface area contributed by atoms with E-state index in [4.69, 9.17) is 4.42 Å². The van der Waals surface area contributed by atoms with Crippen LogP contribution in [-0.4, -0.2) is 11.6 Å². The highest BCUT2D eigenvalue weighted by molar-refractivity contribution is 5.99. The average Bonchev–Trinajstić information content (AvgIpc) is 2.84. The molecule has 0 aliphatic heterocycles. The van der Waals surface area contributed by atoms with Crippen LogP contribution in [0.15, 0.2) is 33.8 Å². The van der Waals surface area contributed by atoms with Crippen molar-refractivity contribution in [3.8, 4) is 0 Å². The van der Waals surface area contributed by atoms with Gasteiger partial charge in [0.2, 0.25) is 0 Å². The van der Waals surface area contributed by atoms with Crippen molar-refractivity contribution in [2.24, 2.45) is 11.0 Å². The van der Waals surface area contributed by atoms with Crippen LogP contribution in [-0.2, 0) is 0 Å². The van der Waals surface area contributed by atoms with Crippen molar-refractivity contribution in [1.29, 1.82) is 0 Å². The Morgan fingerprint density at radius 3 is 2.90 bits per heavy atom. The third-order valence-electron chi connectivity index (χ3n) is 4.24. The Morgan fingerprint density at radius 2 is 2.14 bits per heavy atom. The van der Waals surface area contributed by atoms with Crippen LogP contribution in [0, 0.1) is 12.8 Å². The molecule has 0 bridgehead atoms. The maximum atomic E-state index is 12.3. The van der Waals surface area contributed by atoms with Gasteiger partial charge >= 0.3 is 5.91 Å². The number of carbonyl (C=O) groups excluding carboxylic acids is 1.